The van der Waals surface area contributed by atoms with Gasteiger partial charge in [-0.2, -0.15) is 0 Å². The summed E-state index contributed by atoms with van der Waals surface area (Å²) in [4.78, 5) is 16.3. The molecule has 7 nitrogen and oxygen atoms in total. The number of amides is 1. The molecule has 0 fully saturated rings. The second-order valence-electron chi connectivity index (χ2n) is 7.93. The van der Waals surface area contributed by atoms with Gasteiger partial charge in [0.2, 0.25) is 0 Å². The van der Waals surface area contributed by atoms with Crippen LogP contribution >= 0.6 is 0 Å². The van der Waals surface area contributed by atoms with E-state index >= 15 is 0 Å². The Morgan fingerprint density at radius 2 is 1.65 bits per heavy atom. The highest BCUT2D eigenvalue weighted by molar-refractivity contribution is 7.92. The van der Waals surface area contributed by atoms with Crippen molar-refractivity contribution >= 4 is 27.4 Å². The van der Waals surface area contributed by atoms with Crippen LogP contribution in [0, 0.1) is 0 Å². The lowest BCUT2D eigenvalue weighted by molar-refractivity contribution is -0.118. The summed E-state index contributed by atoms with van der Waals surface area (Å²) in [5.41, 5.74) is 1.37. The van der Waals surface area contributed by atoms with Gasteiger partial charge in [-0.1, -0.05) is 45.0 Å². The summed E-state index contributed by atoms with van der Waals surface area (Å²) < 4.78 is 33.0. The second kappa shape index (κ2) is 9.18. The third-order valence-electron chi connectivity index (χ3n) is 4.41. The molecule has 1 amide bonds. The van der Waals surface area contributed by atoms with Crippen LogP contribution in [0.4, 0.5) is 11.5 Å². The first kappa shape index (κ1) is 22.3. The molecule has 0 atom stereocenters. The standard InChI is InChI=1S/C23H25N3O4S/c1-23(2,3)19-8-4-5-9-20(19)30-16-22(27)25-17-11-13-18(14-12-17)31(28,29)26-21-10-6-7-15-24-21/h4-15H,16H2,1-3H3,(H,24,26)(H,25,27). The molecular formula is C23H25N3O4S. The third-order valence-corrected chi connectivity index (χ3v) is 5.78. The van der Waals surface area contributed by atoms with E-state index in [1.54, 1.807) is 18.2 Å². The van der Waals surface area contributed by atoms with Gasteiger partial charge in [0.25, 0.3) is 15.9 Å². The van der Waals surface area contributed by atoms with Crippen LogP contribution in [0.3, 0.4) is 0 Å². The van der Waals surface area contributed by atoms with Crippen LogP contribution in [0.2, 0.25) is 0 Å². The maximum atomic E-state index is 12.4. The molecule has 0 aliphatic heterocycles. The molecule has 0 saturated heterocycles. The van der Waals surface area contributed by atoms with Gasteiger partial charge in [-0.05, 0) is 53.4 Å². The van der Waals surface area contributed by atoms with Crippen LogP contribution in [-0.2, 0) is 20.2 Å². The first-order valence-corrected chi connectivity index (χ1v) is 11.2. The van der Waals surface area contributed by atoms with Crippen molar-refractivity contribution in [2.45, 2.75) is 31.1 Å². The van der Waals surface area contributed by atoms with E-state index in [1.807, 2.05) is 24.3 Å². The molecule has 3 aromatic rings. The van der Waals surface area contributed by atoms with Gasteiger partial charge < -0.3 is 10.1 Å². The van der Waals surface area contributed by atoms with Crippen LogP contribution in [0.15, 0.2) is 77.8 Å². The van der Waals surface area contributed by atoms with E-state index < -0.39 is 10.0 Å². The number of rotatable bonds is 7. The highest BCUT2D eigenvalue weighted by atomic mass is 32.2. The number of nitrogens with one attached hydrogen (secondary N) is 2. The van der Waals surface area contributed by atoms with E-state index in [4.69, 9.17) is 4.74 Å². The van der Waals surface area contributed by atoms with Crippen LogP contribution in [0.25, 0.3) is 0 Å². The molecule has 0 aliphatic rings. The number of hydrogen-bond donors (Lipinski definition) is 2. The number of carbonyl (C=O) groups excluding carboxylic acids is 1. The van der Waals surface area contributed by atoms with Gasteiger partial charge in [0.15, 0.2) is 6.61 Å². The lowest BCUT2D eigenvalue weighted by Crippen LogP contribution is -2.22. The monoisotopic (exact) mass is 439 g/mol. The van der Waals surface area contributed by atoms with Crippen molar-refractivity contribution in [2.75, 3.05) is 16.6 Å². The summed E-state index contributed by atoms with van der Waals surface area (Å²) in [5, 5.41) is 2.71. The van der Waals surface area contributed by atoms with Gasteiger partial charge in [-0.15, -0.1) is 0 Å². The first-order valence-electron chi connectivity index (χ1n) is 9.71. The summed E-state index contributed by atoms with van der Waals surface area (Å²) in [6, 6.07) is 18.4. The normalized spacial score (nSPS) is 11.6. The number of hydrogen-bond acceptors (Lipinski definition) is 5. The summed E-state index contributed by atoms with van der Waals surface area (Å²) in [5.74, 6) is 0.547. The van der Waals surface area contributed by atoms with Crippen molar-refractivity contribution in [3.8, 4) is 5.75 Å². The summed E-state index contributed by atoms with van der Waals surface area (Å²) in [6.07, 6.45) is 1.50. The fraction of sp³-hybridized carbons (Fsp3) is 0.217. The molecule has 31 heavy (non-hydrogen) atoms. The Kier molecular flexibility index (Phi) is 6.60. The maximum absolute atomic E-state index is 12.4. The maximum Gasteiger partial charge on any atom is 0.263 e. The Bertz CT molecular complexity index is 1140. The fourth-order valence-corrected chi connectivity index (χ4v) is 3.90. The van der Waals surface area contributed by atoms with Crippen molar-refractivity contribution in [1.29, 1.82) is 0 Å². The third kappa shape index (κ3) is 6.05. The molecule has 0 bridgehead atoms. The summed E-state index contributed by atoms with van der Waals surface area (Å²) >= 11 is 0. The molecule has 8 heteroatoms. The van der Waals surface area contributed by atoms with Gasteiger partial charge in [-0.25, -0.2) is 13.4 Å². The number of pyridine rings is 1. The number of carbonyl (C=O) groups is 1. The van der Waals surface area contributed by atoms with E-state index in [0.717, 1.165) is 5.56 Å². The molecule has 2 aromatic carbocycles. The smallest absolute Gasteiger partial charge is 0.263 e. The fourth-order valence-electron chi connectivity index (χ4n) is 2.89. The van der Waals surface area contributed by atoms with Gasteiger partial charge in [0, 0.05) is 11.9 Å². The van der Waals surface area contributed by atoms with E-state index in [-0.39, 0.29) is 28.6 Å². The first-order chi connectivity index (χ1) is 14.6. The van der Waals surface area contributed by atoms with Crippen LogP contribution in [0.5, 0.6) is 5.75 Å². The lowest BCUT2D eigenvalue weighted by Gasteiger charge is -2.22. The molecule has 162 valence electrons. The Balaban J connectivity index is 1.61. The molecule has 0 unspecified atom stereocenters. The van der Waals surface area contributed by atoms with E-state index in [0.29, 0.717) is 11.4 Å². The van der Waals surface area contributed by atoms with Crippen LogP contribution in [0.1, 0.15) is 26.3 Å². The minimum atomic E-state index is -3.77. The Labute approximate surface area is 182 Å². The molecule has 3 rings (SSSR count). The Morgan fingerprint density at radius 3 is 2.29 bits per heavy atom. The zero-order valence-electron chi connectivity index (χ0n) is 17.6. The highest BCUT2D eigenvalue weighted by Crippen LogP contribution is 2.30. The highest BCUT2D eigenvalue weighted by Gasteiger charge is 2.19. The quantitative estimate of drug-likeness (QED) is 0.575. The van der Waals surface area contributed by atoms with Crippen molar-refractivity contribution in [3.05, 3.63) is 78.5 Å². The van der Waals surface area contributed by atoms with E-state index in [1.165, 1.54) is 30.5 Å². The minimum Gasteiger partial charge on any atom is -0.483 e. The van der Waals surface area contributed by atoms with E-state index in [9.17, 15) is 13.2 Å². The van der Waals surface area contributed by atoms with E-state index in [2.05, 4.69) is 35.8 Å². The number of benzene rings is 2. The predicted octanol–water partition coefficient (Wildman–Crippen LogP) is 4.20. The zero-order valence-corrected chi connectivity index (χ0v) is 18.4. The van der Waals surface area contributed by atoms with Crippen LogP contribution < -0.4 is 14.8 Å². The van der Waals surface area contributed by atoms with Gasteiger partial charge in [-0.3, -0.25) is 9.52 Å². The van der Waals surface area contributed by atoms with Crippen molar-refractivity contribution in [2.24, 2.45) is 0 Å². The molecule has 0 radical (unpaired) electrons. The number of aromatic nitrogens is 1. The van der Waals surface area contributed by atoms with Gasteiger partial charge in [0.1, 0.15) is 11.6 Å². The summed E-state index contributed by atoms with van der Waals surface area (Å²) in [7, 11) is -3.77. The zero-order chi connectivity index (χ0) is 22.5. The second-order valence-corrected chi connectivity index (χ2v) is 9.61. The SMILES string of the molecule is CC(C)(C)c1ccccc1OCC(=O)Nc1ccc(S(=O)(=O)Nc2ccccn2)cc1. The summed E-state index contributed by atoms with van der Waals surface area (Å²) in [6.45, 7) is 6.07. The van der Waals surface area contributed by atoms with Gasteiger partial charge in [0.05, 0.1) is 4.90 Å². The molecule has 2 N–H and O–H groups in total. The largest absolute Gasteiger partial charge is 0.483 e. The average Bonchev–Trinajstić information content (AvgIpc) is 2.73. The van der Waals surface area contributed by atoms with Crippen molar-refractivity contribution in [3.63, 3.8) is 0 Å². The number of sulfonamides is 1. The number of para-hydroxylation sites is 1. The number of nitrogens with zero attached hydrogens (tertiary/aromatic N) is 1. The van der Waals surface area contributed by atoms with Crippen LogP contribution in [-0.4, -0.2) is 25.9 Å². The Morgan fingerprint density at radius 1 is 0.968 bits per heavy atom. The topological polar surface area (TPSA) is 97.4 Å². The molecule has 0 spiro atoms. The molecule has 1 heterocycles. The Hall–Kier alpha value is -3.39. The average molecular weight is 440 g/mol. The van der Waals surface area contributed by atoms with Crippen molar-refractivity contribution in [1.82, 2.24) is 4.98 Å². The molecule has 0 aliphatic carbocycles. The molecule has 1 aromatic heterocycles. The number of anilines is 2. The van der Waals surface area contributed by atoms with Gasteiger partial charge >= 0.3 is 0 Å². The molecule has 0 saturated carbocycles. The van der Waals surface area contributed by atoms with Crippen molar-refractivity contribution < 1.29 is 17.9 Å². The lowest BCUT2D eigenvalue weighted by atomic mass is 9.86. The molecular weight excluding hydrogens is 414 g/mol. The minimum absolute atomic E-state index is 0.0616. The number of ether oxygens (including phenoxy) is 1. The predicted molar refractivity (Wildman–Crippen MR) is 121 cm³/mol.